The first kappa shape index (κ1) is 14.2. The van der Waals surface area contributed by atoms with Crippen LogP contribution in [0.2, 0.25) is 5.02 Å². The molecule has 1 aliphatic rings. The molecule has 1 amide bonds. The molecule has 1 saturated carbocycles. The summed E-state index contributed by atoms with van der Waals surface area (Å²) >= 11 is 5.83. The molecule has 1 fully saturated rings. The van der Waals surface area contributed by atoms with Crippen LogP contribution in [0.25, 0.3) is 0 Å². The van der Waals surface area contributed by atoms with Crippen LogP contribution in [0.15, 0.2) is 18.2 Å². The van der Waals surface area contributed by atoms with E-state index in [0.717, 1.165) is 19.1 Å². The lowest BCUT2D eigenvalue weighted by atomic mass is 10.2. The van der Waals surface area contributed by atoms with E-state index in [9.17, 15) is 4.79 Å². The smallest absolute Gasteiger partial charge is 0.251 e. The van der Waals surface area contributed by atoms with Crippen LogP contribution in [0.5, 0.6) is 0 Å². The molecule has 0 radical (unpaired) electrons. The van der Waals surface area contributed by atoms with Gasteiger partial charge in [0.15, 0.2) is 0 Å². The SMILES string of the molecule is CCN(CCNC(=O)c1ccc(Cl)c(N)c1)C1CC1. The van der Waals surface area contributed by atoms with Crippen molar-refractivity contribution in [1.82, 2.24) is 10.2 Å². The Bertz CT molecular complexity index is 460. The minimum atomic E-state index is -0.102. The summed E-state index contributed by atoms with van der Waals surface area (Å²) in [6.07, 6.45) is 2.57. The quantitative estimate of drug-likeness (QED) is 0.786. The number of nitrogen functional groups attached to an aromatic ring is 1. The highest BCUT2D eigenvalue weighted by atomic mass is 35.5. The molecule has 0 bridgehead atoms. The van der Waals surface area contributed by atoms with E-state index in [1.54, 1.807) is 18.2 Å². The van der Waals surface area contributed by atoms with Crippen LogP contribution in [-0.4, -0.2) is 36.5 Å². The lowest BCUT2D eigenvalue weighted by molar-refractivity contribution is 0.0948. The molecule has 0 heterocycles. The molecule has 104 valence electrons. The predicted octanol–water partition coefficient (Wildman–Crippen LogP) is 2.14. The molecule has 3 N–H and O–H groups in total. The molecule has 2 rings (SSSR count). The number of benzene rings is 1. The average Bonchev–Trinajstić information content (AvgIpc) is 3.22. The molecule has 1 aliphatic carbocycles. The number of nitrogens with zero attached hydrogens (tertiary/aromatic N) is 1. The molecule has 0 aromatic heterocycles. The van der Waals surface area contributed by atoms with E-state index in [-0.39, 0.29) is 5.91 Å². The third-order valence-corrected chi connectivity index (χ3v) is 3.76. The summed E-state index contributed by atoms with van der Waals surface area (Å²) in [7, 11) is 0. The van der Waals surface area contributed by atoms with E-state index in [4.69, 9.17) is 17.3 Å². The molecule has 0 spiro atoms. The molecular weight excluding hydrogens is 262 g/mol. The number of carbonyl (C=O) groups is 1. The van der Waals surface area contributed by atoms with Gasteiger partial charge in [0.05, 0.1) is 10.7 Å². The van der Waals surface area contributed by atoms with Crippen molar-refractivity contribution in [2.45, 2.75) is 25.8 Å². The maximum Gasteiger partial charge on any atom is 0.251 e. The number of anilines is 1. The van der Waals surface area contributed by atoms with Crippen LogP contribution in [0, 0.1) is 0 Å². The monoisotopic (exact) mass is 281 g/mol. The molecule has 5 heteroatoms. The summed E-state index contributed by atoms with van der Waals surface area (Å²) < 4.78 is 0. The summed E-state index contributed by atoms with van der Waals surface area (Å²) in [5.74, 6) is -0.102. The molecule has 4 nitrogen and oxygen atoms in total. The van der Waals surface area contributed by atoms with Crippen LogP contribution in [0.1, 0.15) is 30.1 Å². The predicted molar refractivity (Wildman–Crippen MR) is 78.5 cm³/mol. The fourth-order valence-electron chi connectivity index (χ4n) is 2.14. The maximum atomic E-state index is 11.9. The Labute approximate surface area is 118 Å². The Hall–Kier alpha value is -1.26. The molecular formula is C14H20ClN3O. The van der Waals surface area contributed by atoms with E-state index >= 15 is 0 Å². The van der Waals surface area contributed by atoms with Crippen molar-refractivity contribution in [3.05, 3.63) is 28.8 Å². The van der Waals surface area contributed by atoms with Crippen molar-refractivity contribution >= 4 is 23.2 Å². The number of carbonyl (C=O) groups excluding carboxylic acids is 1. The molecule has 19 heavy (non-hydrogen) atoms. The second-order valence-electron chi connectivity index (χ2n) is 4.85. The van der Waals surface area contributed by atoms with Crippen LogP contribution in [0.3, 0.4) is 0 Å². The molecule has 0 atom stereocenters. The topological polar surface area (TPSA) is 58.4 Å². The summed E-state index contributed by atoms with van der Waals surface area (Å²) in [6.45, 7) is 4.75. The largest absolute Gasteiger partial charge is 0.398 e. The number of halogens is 1. The molecule has 1 aromatic carbocycles. The van der Waals surface area contributed by atoms with Crippen LogP contribution in [0.4, 0.5) is 5.69 Å². The van der Waals surface area contributed by atoms with Crippen molar-refractivity contribution in [2.24, 2.45) is 0 Å². The minimum Gasteiger partial charge on any atom is -0.398 e. The van der Waals surface area contributed by atoms with Gasteiger partial charge < -0.3 is 11.1 Å². The van der Waals surface area contributed by atoms with Crippen molar-refractivity contribution in [3.8, 4) is 0 Å². The zero-order valence-electron chi connectivity index (χ0n) is 11.2. The Morgan fingerprint density at radius 1 is 1.53 bits per heavy atom. The number of hydrogen-bond donors (Lipinski definition) is 2. The van der Waals surface area contributed by atoms with E-state index in [2.05, 4.69) is 17.1 Å². The van der Waals surface area contributed by atoms with Gasteiger partial charge in [-0.3, -0.25) is 9.69 Å². The highest BCUT2D eigenvalue weighted by Gasteiger charge is 2.27. The van der Waals surface area contributed by atoms with Gasteiger partial charge in [-0.1, -0.05) is 18.5 Å². The Kier molecular flexibility index (Phi) is 4.66. The van der Waals surface area contributed by atoms with Crippen LogP contribution < -0.4 is 11.1 Å². The van der Waals surface area contributed by atoms with Crippen LogP contribution >= 0.6 is 11.6 Å². The van der Waals surface area contributed by atoms with Gasteiger partial charge in [-0.2, -0.15) is 0 Å². The van der Waals surface area contributed by atoms with Gasteiger partial charge in [0, 0.05) is 24.7 Å². The third kappa shape index (κ3) is 3.85. The normalized spacial score (nSPS) is 14.7. The Balaban J connectivity index is 1.81. The lowest BCUT2D eigenvalue weighted by Crippen LogP contribution is -2.36. The van der Waals surface area contributed by atoms with Gasteiger partial charge in [-0.25, -0.2) is 0 Å². The maximum absolute atomic E-state index is 11.9. The highest BCUT2D eigenvalue weighted by Crippen LogP contribution is 2.25. The average molecular weight is 282 g/mol. The standard InChI is InChI=1S/C14H20ClN3O/c1-2-18(11-4-5-11)8-7-17-14(19)10-3-6-12(15)13(16)9-10/h3,6,9,11H,2,4-5,7-8,16H2,1H3,(H,17,19). The van der Waals surface area contributed by atoms with Gasteiger partial charge in [0.25, 0.3) is 5.91 Å². The summed E-state index contributed by atoms with van der Waals surface area (Å²) in [5.41, 5.74) is 6.67. The number of nitrogens with two attached hydrogens (primary N) is 1. The van der Waals surface area contributed by atoms with E-state index in [1.165, 1.54) is 12.8 Å². The Morgan fingerprint density at radius 2 is 2.26 bits per heavy atom. The zero-order chi connectivity index (χ0) is 13.8. The van der Waals surface area contributed by atoms with Crippen molar-refractivity contribution < 1.29 is 4.79 Å². The van der Waals surface area contributed by atoms with Gasteiger partial charge in [-0.05, 0) is 37.6 Å². The van der Waals surface area contributed by atoms with Crippen molar-refractivity contribution in [1.29, 1.82) is 0 Å². The second-order valence-corrected chi connectivity index (χ2v) is 5.26. The minimum absolute atomic E-state index is 0.102. The van der Waals surface area contributed by atoms with Gasteiger partial charge in [0.1, 0.15) is 0 Å². The summed E-state index contributed by atoms with van der Waals surface area (Å²) in [6, 6.07) is 5.67. The highest BCUT2D eigenvalue weighted by molar-refractivity contribution is 6.33. The lowest BCUT2D eigenvalue weighted by Gasteiger charge is -2.19. The number of hydrogen-bond acceptors (Lipinski definition) is 3. The summed E-state index contributed by atoms with van der Waals surface area (Å²) in [4.78, 5) is 14.3. The third-order valence-electron chi connectivity index (χ3n) is 3.41. The first-order chi connectivity index (χ1) is 9.11. The van der Waals surface area contributed by atoms with Crippen molar-refractivity contribution in [2.75, 3.05) is 25.4 Å². The number of likely N-dealkylation sites (N-methyl/N-ethyl adjacent to an activating group) is 1. The second kappa shape index (κ2) is 6.26. The van der Waals surface area contributed by atoms with Crippen LogP contribution in [-0.2, 0) is 0 Å². The van der Waals surface area contributed by atoms with Gasteiger partial charge >= 0.3 is 0 Å². The fourth-order valence-corrected chi connectivity index (χ4v) is 2.26. The van der Waals surface area contributed by atoms with Gasteiger partial charge in [0.2, 0.25) is 0 Å². The zero-order valence-corrected chi connectivity index (χ0v) is 11.9. The summed E-state index contributed by atoms with van der Waals surface area (Å²) in [5, 5.41) is 3.39. The van der Waals surface area contributed by atoms with E-state index in [1.807, 2.05) is 0 Å². The molecule has 0 unspecified atom stereocenters. The number of nitrogens with one attached hydrogen (secondary N) is 1. The fraction of sp³-hybridized carbons (Fsp3) is 0.500. The van der Waals surface area contributed by atoms with Gasteiger partial charge in [-0.15, -0.1) is 0 Å². The van der Waals surface area contributed by atoms with E-state index in [0.29, 0.717) is 22.8 Å². The molecule has 1 aromatic rings. The molecule has 0 saturated heterocycles. The first-order valence-electron chi connectivity index (χ1n) is 6.69. The number of rotatable bonds is 6. The molecule has 0 aliphatic heterocycles. The first-order valence-corrected chi connectivity index (χ1v) is 7.07. The Morgan fingerprint density at radius 3 is 2.84 bits per heavy atom. The van der Waals surface area contributed by atoms with Crippen molar-refractivity contribution in [3.63, 3.8) is 0 Å². The number of amides is 1. The van der Waals surface area contributed by atoms with E-state index < -0.39 is 0 Å².